The molecular weight excluding hydrogens is 1840 g/mol. The fourth-order valence-corrected chi connectivity index (χ4v) is 15.5. The first-order chi connectivity index (χ1) is 68.1. The molecule has 1 saturated carbocycles. The molecule has 43 nitrogen and oxygen atoms in total. The number of hydrogen-bond donors (Lipinski definition) is 9. The highest BCUT2D eigenvalue weighted by Gasteiger charge is 2.47. The van der Waals surface area contributed by atoms with E-state index in [-0.39, 0.29) is 151 Å². The zero-order valence-corrected chi connectivity index (χ0v) is 79.9. The molecule has 10 amide bonds. The Morgan fingerprint density at radius 2 is 1.00 bits per heavy atom. The molecule has 0 saturated heterocycles. The Balaban J connectivity index is 0.662. The smallest absolute Gasteiger partial charge is 0.343 e. The highest BCUT2D eigenvalue weighted by molar-refractivity contribution is 6.28. The number of fused-ring (bicyclic) bond motifs is 7. The van der Waals surface area contributed by atoms with Gasteiger partial charge in [0.25, 0.3) is 29.2 Å². The molecule has 0 bridgehead atoms. The summed E-state index contributed by atoms with van der Waals surface area (Å²) in [7, 11) is 3.22. The van der Waals surface area contributed by atoms with Gasteiger partial charge in [-0.2, -0.15) is 0 Å². The SMILES string of the molecule is CC[C@@]1(O)C(=O)OCc2c1cc1n(c2=O)Cc2c-1nc1cc(F)c3c(c1c2[C@H](C)NC(=O)[C@H](OCNC(=O)CNC(=O)[C@H](Cc1ccccc1)NC(=O)CNC(=O)CNC(=O)CCCOc1c(C(=O)NCCOCCOCCOCCOCCOCCOCCOCCOC)cc(N2C(=O)C=CC2=O)cc1C(=O)NCCOCCOCCOCCOCCOCCOCCOCCOC)C1CC1)CCC3. The van der Waals surface area contributed by atoms with Gasteiger partial charge in [0.1, 0.15) is 37.1 Å². The maximum absolute atomic E-state index is 15.9. The number of amides is 10. The van der Waals surface area contributed by atoms with E-state index in [0.29, 0.717) is 222 Å². The van der Waals surface area contributed by atoms with Crippen molar-refractivity contribution in [2.45, 2.75) is 109 Å². The number of anilines is 1. The van der Waals surface area contributed by atoms with Crippen LogP contribution < -0.4 is 57.7 Å². The van der Waals surface area contributed by atoms with Crippen LogP contribution >= 0.6 is 0 Å². The minimum Gasteiger partial charge on any atom is -0.492 e. The molecule has 44 heteroatoms. The number of carbonyl (C=O) groups excluding carboxylic acids is 11. The Hall–Kier alpha value is -10.9. The van der Waals surface area contributed by atoms with Crippen LogP contribution in [-0.4, -0.2) is 350 Å². The Kier molecular flexibility index (Phi) is 48.5. The largest absolute Gasteiger partial charge is 0.492 e. The van der Waals surface area contributed by atoms with Gasteiger partial charge in [-0.25, -0.2) is 19.1 Å². The van der Waals surface area contributed by atoms with Crippen molar-refractivity contribution in [3.05, 3.63) is 133 Å². The zero-order chi connectivity index (χ0) is 99.6. The number of methoxy groups -OCH3 is 2. The number of esters is 1. The second-order valence-corrected chi connectivity index (χ2v) is 32.7. The van der Waals surface area contributed by atoms with Gasteiger partial charge in [-0.15, -0.1) is 0 Å². The highest BCUT2D eigenvalue weighted by Crippen LogP contribution is 2.45. The van der Waals surface area contributed by atoms with E-state index in [1.807, 2.05) is 0 Å². The number of nitrogens with zero attached hydrogens (tertiary/aromatic N) is 3. The number of aromatic nitrogens is 2. The summed E-state index contributed by atoms with van der Waals surface area (Å²) < 4.78 is 122. The molecule has 3 aliphatic heterocycles. The second-order valence-electron chi connectivity index (χ2n) is 32.7. The van der Waals surface area contributed by atoms with Crippen molar-refractivity contribution in [2.24, 2.45) is 5.92 Å². The summed E-state index contributed by atoms with van der Waals surface area (Å²) in [6.45, 7) is 10.8. The van der Waals surface area contributed by atoms with Crippen LogP contribution in [0.5, 0.6) is 5.75 Å². The van der Waals surface area contributed by atoms with Crippen molar-refractivity contribution in [3.63, 3.8) is 0 Å². The van der Waals surface area contributed by atoms with Crippen molar-refractivity contribution < 1.29 is 152 Å². The first-order valence-corrected chi connectivity index (χ1v) is 47.3. The maximum Gasteiger partial charge on any atom is 0.343 e. The minimum absolute atomic E-state index is 0.00316. The van der Waals surface area contributed by atoms with Crippen LogP contribution in [0.4, 0.5) is 10.1 Å². The molecule has 5 aromatic rings. The molecule has 2 aromatic heterocycles. The van der Waals surface area contributed by atoms with Gasteiger partial charge in [-0.05, 0) is 98.2 Å². The summed E-state index contributed by atoms with van der Waals surface area (Å²) in [6, 6.07) is 11.9. The third-order valence-corrected chi connectivity index (χ3v) is 22.7. The monoisotopic (exact) mass is 1970 g/mol. The third-order valence-electron chi connectivity index (χ3n) is 22.7. The number of carbonyl (C=O) groups is 11. The normalized spacial score (nSPS) is 15.2. The quantitative estimate of drug-likeness (QED) is 0.0112. The van der Waals surface area contributed by atoms with Crippen LogP contribution in [0, 0.1) is 11.7 Å². The average Bonchev–Trinajstić information content (AvgIpc) is 1.54. The van der Waals surface area contributed by atoms with Gasteiger partial charge in [0.05, 0.1) is 276 Å². The van der Waals surface area contributed by atoms with E-state index < -0.39 is 127 Å². The Labute approximate surface area is 810 Å². The number of ether oxygens (including phenoxy) is 19. The van der Waals surface area contributed by atoms with Gasteiger partial charge in [0.15, 0.2) is 5.60 Å². The number of imide groups is 1. The summed E-state index contributed by atoms with van der Waals surface area (Å²) in [5.41, 5.74) is 1.03. The van der Waals surface area contributed by atoms with E-state index in [9.17, 15) is 62.6 Å². The molecule has 5 aliphatic rings. The molecule has 0 radical (unpaired) electrons. The summed E-state index contributed by atoms with van der Waals surface area (Å²) in [4.78, 5) is 170. The number of rotatable bonds is 74. The molecule has 0 unspecified atom stereocenters. The topological polar surface area (TPSA) is 518 Å². The number of nitrogens with one attached hydrogen (secondary N) is 8. The maximum atomic E-state index is 15.9. The van der Waals surface area contributed by atoms with Gasteiger partial charge in [-0.1, -0.05) is 37.3 Å². The summed E-state index contributed by atoms with van der Waals surface area (Å²) in [5.74, 6) is -9.15. The van der Waals surface area contributed by atoms with Crippen molar-refractivity contribution in [3.8, 4) is 17.1 Å². The van der Waals surface area contributed by atoms with Crippen molar-refractivity contribution in [2.75, 3.05) is 263 Å². The summed E-state index contributed by atoms with van der Waals surface area (Å²) >= 11 is 0. The minimum atomic E-state index is -2.09. The van der Waals surface area contributed by atoms with Crippen LogP contribution in [-0.2, 0) is 166 Å². The molecule has 140 heavy (non-hydrogen) atoms. The lowest BCUT2D eigenvalue weighted by molar-refractivity contribution is -0.172. The van der Waals surface area contributed by atoms with E-state index in [2.05, 4.69) is 42.5 Å². The fraction of sp³-hybridized carbons (Fsp3) is 0.594. The van der Waals surface area contributed by atoms with E-state index in [1.54, 1.807) is 64.5 Å². The van der Waals surface area contributed by atoms with E-state index in [4.69, 9.17) is 95.0 Å². The van der Waals surface area contributed by atoms with Crippen LogP contribution in [0.15, 0.2) is 71.5 Å². The molecule has 1 fully saturated rings. The van der Waals surface area contributed by atoms with Crippen LogP contribution in [0.25, 0.3) is 22.3 Å². The van der Waals surface area contributed by atoms with Gasteiger partial charge < -0.3 is 142 Å². The summed E-state index contributed by atoms with van der Waals surface area (Å²) in [5, 5.41) is 33.4. The van der Waals surface area contributed by atoms with Gasteiger partial charge in [0.2, 0.25) is 35.4 Å². The van der Waals surface area contributed by atoms with Crippen molar-refractivity contribution >= 4 is 81.6 Å². The molecule has 770 valence electrons. The lowest BCUT2D eigenvalue weighted by atomic mass is 9.86. The van der Waals surface area contributed by atoms with Gasteiger partial charge in [-0.3, -0.25) is 52.7 Å². The molecule has 3 aromatic carbocycles. The number of aryl methyl sites for hydroxylation is 1. The lowest BCUT2D eigenvalue weighted by Gasteiger charge is -2.31. The number of benzene rings is 3. The van der Waals surface area contributed by atoms with Crippen molar-refractivity contribution in [1.29, 1.82) is 0 Å². The Morgan fingerprint density at radius 3 is 1.50 bits per heavy atom. The molecule has 0 spiro atoms. The van der Waals surface area contributed by atoms with Crippen LogP contribution in [0.1, 0.15) is 118 Å². The fourth-order valence-electron chi connectivity index (χ4n) is 15.5. The molecule has 2 aliphatic carbocycles. The van der Waals surface area contributed by atoms with E-state index in [1.165, 1.54) is 22.8 Å². The van der Waals surface area contributed by atoms with E-state index in [0.717, 1.165) is 22.6 Å². The molecule has 10 rings (SSSR count). The van der Waals surface area contributed by atoms with Crippen LogP contribution in [0.3, 0.4) is 0 Å². The number of hydrogen-bond acceptors (Lipinski definition) is 33. The lowest BCUT2D eigenvalue weighted by Crippen LogP contribution is -2.52. The molecular formula is C96H132FN11O32. The molecule has 5 heterocycles. The highest BCUT2D eigenvalue weighted by atomic mass is 19.1. The number of cyclic esters (lactones) is 1. The predicted molar refractivity (Wildman–Crippen MR) is 497 cm³/mol. The predicted octanol–water partition coefficient (Wildman–Crippen LogP) is 1.10. The standard InChI is InChI=1S/C96H132FN11O32/c1-5-96(121)74-56-78-87-72(61-107(78)94(119)73(74)62-139-95(96)120)85(86-69-14-9-13-68(69)75(97)57-76(86)106-87)64(2)104-93(118)88(66-16-17-66)140-63-103-81(111)59-102-92(117)77(53-65-11-7-6-8-12-65)105-82(112)60-101-80(110)58-100-79(109)15-10-22-138-89-70(90(115)98-20-23-124-29-31-128-37-39-132-45-47-136-51-49-134-43-41-130-35-33-126-27-25-122-3)54-67(108-83(113)18-19-84(108)114)55-71(89)91(116)99-21-24-125-30-32-129-38-40-133-46-48-137-52-50-135-44-42-131-36-34-127-28-26-123-4/h6-8,11-12,18-19,54-57,64,66,77,88,121H,5,9-10,13-17,20-53,58-63H2,1-4H3,(H,98,115)(H,99,116)(H,100,109)(H,101,110)(H,102,117)(H,103,111)(H,104,118)(H,105,112)/t64-,77-,88+,96-/m0/s1. The first kappa shape index (κ1) is 111. The Morgan fingerprint density at radius 1 is 0.529 bits per heavy atom. The third kappa shape index (κ3) is 35.4. The second kappa shape index (κ2) is 61.1. The first-order valence-electron chi connectivity index (χ1n) is 47.3. The Bertz CT molecular complexity index is 4870. The molecule has 4 atom stereocenters. The summed E-state index contributed by atoms with van der Waals surface area (Å²) in [6.07, 6.45) is 3.55. The number of halogens is 1. The van der Waals surface area contributed by atoms with Crippen molar-refractivity contribution in [1.82, 2.24) is 52.1 Å². The average molecular weight is 1970 g/mol. The molecule has 9 N–H and O–H groups in total. The number of pyridine rings is 2. The van der Waals surface area contributed by atoms with Crippen LogP contribution in [0.2, 0.25) is 0 Å². The zero-order valence-electron chi connectivity index (χ0n) is 79.9. The van der Waals surface area contributed by atoms with E-state index >= 15 is 4.39 Å². The van der Waals surface area contributed by atoms with Gasteiger partial charge >= 0.3 is 5.97 Å². The van der Waals surface area contributed by atoms with Gasteiger partial charge in [0, 0.05) is 74.9 Å². The number of aliphatic hydroxyl groups is 1.